The van der Waals surface area contributed by atoms with Gasteiger partial charge in [-0.25, -0.2) is 0 Å². The molecule has 1 amide bonds. The fraction of sp³-hybridized carbons (Fsp3) is 0.235. The topological polar surface area (TPSA) is 57.6 Å². The molecular weight excluding hydrogens is 330 g/mol. The molecule has 1 aliphatic heterocycles. The fourth-order valence-corrected chi connectivity index (χ4v) is 3.32. The lowest BCUT2D eigenvalue weighted by Crippen LogP contribution is -2.29. The van der Waals surface area contributed by atoms with E-state index in [9.17, 15) is 9.59 Å². The molecular formula is C17H17NO3S2. The van der Waals surface area contributed by atoms with Gasteiger partial charge in [-0.05, 0) is 24.5 Å². The Kier molecular flexibility index (Phi) is 6.55. The molecule has 1 aromatic carbocycles. The van der Waals surface area contributed by atoms with Crippen molar-refractivity contribution in [3.8, 4) is 0 Å². The molecule has 1 fully saturated rings. The molecule has 0 aromatic heterocycles. The Morgan fingerprint density at radius 3 is 2.70 bits per heavy atom. The van der Waals surface area contributed by atoms with Gasteiger partial charge in [0, 0.05) is 13.0 Å². The first kappa shape index (κ1) is 17.4. The summed E-state index contributed by atoms with van der Waals surface area (Å²) in [4.78, 5) is 24.9. The van der Waals surface area contributed by atoms with Gasteiger partial charge in [0.2, 0.25) is 0 Å². The SMILES string of the molecule is O=C(O)CCCCN1C(=O)/C(=C\C=C\c2ccccc2)SC1=S. The van der Waals surface area contributed by atoms with E-state index in [2.05, 4.69) is 0 Å². The maximum Gasteiger partial charge on any atom is 0.303 e. The number of amides is 1. The second-order valence-corrected chi connectivity index (χ2v) is 6.65. The molecule has 0 spiro atoms. The number of thiocarbonyl (C=S) groups is 1. The summed E-state index contributed by atoms with van der Waals surface area (Å²) in [6.07, 6.45) is 6.82. The van der Waals surface area contributed by atoms with Gasteiger partial charge in [-0.15, -0.1) is 0 Å². The van der Waals surface area contributed by atoms with Gasteiger partial charge < -0.3 is 5.11 Å². The van der Waals surface area contributed by atoms with Gasteiger partial charge in [0.1, 0.15) is 4.32 Å². The summed E-state index contributed by atoms with van der Waals surface area (Å²) in [6, 6.07) is 9.83. The van der Waals surface area contributed by atoms with Crippen LogP contribution in [0.15, 0.2) is 47.4 Å². The summed E-state index contributed by atoms with van der Waals surface area (Å²) in [6.45, 7) is 0.470. The monoisotopic (exact) mass is 347 g/mol. The summed E-state index contributed by atoms with van der Waals surface area (Å²) in [5, 5.41) is 8.62. The van der Waals surface area contributed by atoms with Crippen molar-refractivity contribution in [3.05, 3.63) is 53.0 Å². The molecule has 6 heteroatoms. The Hall–Kier alpha value is -1.92. The van der Waals surface area contributed by atoms with Crippen molar-refractivity contribution in [2.45, 2.75) is 19.3 Å². The molecule has 0 bridgehead atoms. The lowest BCUT2D eigenvalue weighted by Gasteiger charge is -2.13. The van der Waals surface area contributed by atoms with Crippen LogP contribution in [0, 0.1) is 0 Å². The molecule has 0 radical (unpaired) electrons. The maximum atomic E-state index is 12.3. The van der Waals surface area contributed by atoms with Crippen molar-refractivity contribution in [3.63, 3.8) is 0 Å². The first-order valence-corrected chi connectivity index (χ1v) is 8.49. The third-order valence-corrected chi connectivity index (χ3v) is 4.63. The van der Waals surface area contributed by atoms with Crippen LogP contribution in [0.25, 0.3) is 6.08 Å². The predicted octanol–water partition coefficient (Wildman–Crippen LogP) is 3.70. The van der Waals surface area contributed by atoms with Crippen molar-refractivity contribution in [2.24, 2.45) is 0 Å². The van der Waals surface area contributed by atoms with E-state index < -0.39 is 5.97 Å². The van der Waals surface area contributed by atoms with Crippen LogP contribution in [-0.2, 0) is 9.59 Å². The van der Waals surface area contributed by atoms with Gasteiger partial charge in [0.05, 0.1) is 4.91 Å². The molecule has 0 atom stereocenters. The van der Waals surface area contributed by atoms with Crippen LogP contribution in [0.1, 0.15) is 24.8 Å². The average molecular weight is 347 g/mol. The molecule has 120 valence electrons. The zero-order valence-corrected chi connectivity index (χ0v) is 14.1. The number of hydrogen-bond acceptors (Lipinski definition) is 4. The summed E-state index contributed by atoms with van der Waals surface area (Å²) < 4.78 is 0.532. The molecule has 0 saturated carbocycles. The van der Waals surface area contributed by atoms with Crippen LogP contribution < -0.4 is 0 Å². The molecule has 0 unspecified atom stereocenters. The second-order valence-electron chi connectivity index (χ2n) is 4.98. The highest BCUT2D eigenvalue weighted by molar-refractivity contribution is 8.26. The highest BCUT2D eigenvalue weighted by Crippen LogP contribution is 2.31. The number of unbranched alkanes of at least 4 members (excludes halogenated alkanes) is 1. The van der Waals surface area contributed by atoms with E-state index in [4.69, 9.17) is 17.3 Å². The van der Waals surface area contributed by atoms with Crippen molar-refractivity contribution < 1.29 is 14.7 Å². The number of carboxylic acids is 1. The normalized spacial score (nSPS) is 16.7. The quantitative estimate of drug-likeness (QED) is 0.463. The number of hydrogen-bond donors (Lipinski definition) is 1. The van der Waals surface area contributed by atoms with Crippen molar-refractivity contribution in [1.29, 1.82) is 0 Å². The number of carboxylic acid groups (broad SMARTS) is 1. The highest BCUT2D eigenvalue weighted by Gasteiger charge is 2.30. The second kappa shape index (κ2) is 8.64. The van der Waals surface area contributed by atoms with Crippen LogP contribution in [0.4, 0.5) is 0 Å². The summed E-state index contributed by atoms with van der Waals surface area (Å²) in [5.41, 5.74) is 1.06. The van der Waals surface area contributed by atoms with E-state index in [0.29, 0.717) is 28.6 Å². The van der Waals surface area contributed by atoms with Gasteiger partial charge in [-0.1, -0.05) is 66.5 Å². The maximum absolute atomic E-state index is 12.3. The Bertz CT molecular complexity index is 653. The lowest BCUT2D eigenvalue weighted by atomic mass is 10.2. The molecule has 1 aliphatic rings. The Balaban J connectivity index is 1.91. The van der Waals surface area contributed by atoms with E-state index in [1.807, 2.05) is 42.5 Å². The zero-order chi connectivity index (χ0) is 16.7. The zero-order valence-electron chi connectivity index (χ0n) is 12.5. The van der Waals surface area contributed by atoms with Gasteiger partial charge in [0.25, 0.3) is 5.91 Å². The van der Waals surface area contributed by atoms with Crippen molar-refractivity contribution in [1.82, 2.24) is 4.90 Å². The Morgan fingerprint density at radius 2 is 2.00 bits per heavy atom. The average Bonchev–Trinajstić information content (AvgIpc) is 2.79. The van der Waals surface area contributed by atoms with Crippen LogP contribution in [0.2, 0.25) is 0 Å². The summed E-state index contributed by atoms with van der Waals surface area (Å²) in [5.74, 6) is -0.922. The summed E-state index contributed by atoms with van der Waals surface area (Å²) >= 11 is 6.51. The molecule has 1 saturated heterocycles. The minimum atomic E-state index is -0.818. The number of rotatable bonds is 7. The number of aliphatic carboxylic acids is 1. The lowest BCUT2D eigenvalue weighted by molar-refractivity contribution is -0.137. The molecule has 23 heavy (non-hydrogen) atoms. The fourth-order valence-electron chi connectivity index (χ4n) is 2.06. The minimum Gasteiger partial charge on any atom is -0.481 e. The largest absolute Gasteiger partial charge is 0.481 e. The van der Waals surface area contributed by atoms with Crippen LogP contribution in [0.3, 0.4) is 0 Å². The number of allylic oxidation sites excluding steroid dienone is 2. The first-order chi connectivity index (χ1) is 11.1. The molecule has 1 heterocycles. The van der Waals surface area contributed by atoms with Gasteiger partial charge >= 0.3 is 5.97 Å². The van der Waals surface area contributed by atoms with Gasteiger partial charge in [0.15, 0.2) is 0 Å². The van der Waals surface area contributed by atoms with E-state index in [0.717, 1.165) is 5.56 Å². The summed E-state index contributed by atoms with van der Waals surface area (Å²) in [7, 11) is 0. The van der Waals surface area contributed by atoms with E-state index in [1.165, 1.54) is 11.8 Å². The molecule has 1 aromatic rings. The standard InChI is InChI=1S/C17H17NO3S2/c19-15(20)11-4-5-12-18-16(21)14(23-17(18)22)10-6-9-13-7-2-1-3-8-13/h1-3,6-10H,4-5,11-12H2,(H,19,20)/b9-6+,14-10+. The third-order valence-electron chi connectivity index (χ3n) is 3.23. The highest BCUT2D eigenvalue weighted by atomic mass is 32.2. The van der Waals surface area contributed by atoms with Gasteiger partial charge in [-0.3, -0.25) is 14.5 Å². The van der Waals surface area contributed by atoms with Crippen LogP contribution in [0.5, 0.6) is 0 Å². The van der Waals surface area contributed by atoms with E-state index >= 15 is 0 Å². The molecule has 2 rings (SSSR count). The van der Waals surface area contributed by atoms with Crippen LogP contribution in [-0.4, -0.2) is 32.7 Å². The number of thioether (sulfide) groups is 1. The minimum absolute atomic E-state index is 0.104. The van der Waals surface area contributed by atoms with E-state index in [1.54, 1.807) is 11.0 Å². The Labute approximate surface area is 144 Å². The molecule has 0 aliphatic carbocycles. The van der Waals surface area contributed by atoms with Crippen molar-refractivity contribution in [2.75, 3.05) is 6.54 Å². The van der Waals surface area contributed by atoms with Crippen molar-refractivity contribution >= 4 is 46.3 Å². The number of benzene rings is 1. The molecule has 4 nitrogen and oxygen atoms in total. The van der Waals surface area contributed by atoms with Gasteiger partial charge in [-0.2, -0.15) is 0 Å². The van der Waals surface area contributed by atoms with Crippen LogP contribution >= 0.6 is 24.0 Å². The molecule has 1 N–H and O–H groups in total. The number of carbonyl (C=O) groups excluding carboxylic acids is 1. The Morgan fingerprint density at radius 1 is 1.26 bits per heavy atom. The first-order valence-electron chi connectivity index (χ1n) is 7.27. The third kappa shape index (κ3) is 5.33. The number of nitrogens with zero attached hydrogens (tertiary/aromatic N) is 1. The van der Waals surface area contributed by atoms with E-state index in [-0.39, 0.29) is 12.3 Å². The smallest absolute Gasteiger partial charge is 0.303 e. The predicted molar refractivity (Wildman–Crippen MR) is 96.9 cm³/mol. The number of carbonyl (C=O) groups is 2.